The van der Waals surface area contributed by atoms with Crippen molar-refractivity contribution in [1.29, 1.82) is 0 Å². The number of hydrogen-bond donors (Lipinski definition) is 1. The molecule has 0 heterocycles. The lowest BCUT2D eigenvalue weighted by Gasteiger charge is -2.14. The van der Waals surface area contributed by atoms with Crippen LogP contribution in [0.3, 0.4) is 0 Å². The van der Waals surface area contributed by atoms with Crippen molar-refractivity contribution in [3.63, 3.8) is 0 Å². The summed E-state index contributed by atoms with van der Waals surface area (Å²) in [6, 6.07) is 4.29. The average Bonchev–Trinajstić information content (AvgIpc) is 2.42. The van der Waals surface area contributed by atoms with Crippen LogP contribution in [0.1, 0.15) is 19.4 Å². The van der Waals surface area contributed by atoms with E-state index in [1.807, 2.05) is 18.2 Å². The first-order chi connectivity index (χ1) is 9.13. The molecule has 4 heteroatoms. The molecule has 0 fully saturated rings. The molecular weight excluding hydrogens is 242 g/mol. The summed E-state index contributed by atoms with van der Waals surface area (Å²) < 4.78 is 16.0. The molecule has 0 aliphatic rings. The molecule has 0 unspecified atom stereocenters. The highest BCUT2D eigenvalue weighted by Gasteiger charge is 2.13. The van der Waals surface area contributed by atoms with Gasteiger partial charge in [0.2, 0.25) is 5.75 Å². The number of benzene rings is 1. The third-order valence-electron chi connectivity index (χ3n) is 2.68. The second-order valence-corrected chi connectivity index (χ2v) is 4.39. The van der Waals surface area contributed by atoms with Crippen LogP contribution in [0.4, 0.5) is 0 Å². The standard InChI is InChI=1S/C15H23NO3/c1-11(2)16-10-6-7-12-8-9-13(17-3)15(19-5)14(12)18-4/h6-9,11,16H,10H2,1-5H3. The van der Waals surface area contributed by atoms with E-state index in [0.29, 0.717) is 23.3 Å². The van der Waals surface area contributed by atoms with E-state index in [1.54, 1.807) is 21.3 Å². The Morgan fingerprint density at radius 2 is 1.74 bits per heavy atom. The van der Waals surface area contributed by atoms with Gasteiger partial charge in [-0.3, -0.25) is 0 Å². The molecule has 1 N–H and O–H groups in total. The predicted octanol–water partition coefficient (Wildman–Crippen LogP) is 2.72. The molecule has 0 bridgehead atoms. The van der Waals surface area contributed by atoms with Crippen LogP contribution in [0.15, 0.2) is 18.2 Å². The Balaban J connectivity index is 2.95. The molecule has 0 atom stereocenters. The molecule has 0 saturated heterocycles. The first kappa shape index (κ1) is 15.4. The van der Waals surface area contributed by atoms with E-state index >= 15 is 0 Å². The highest BCUT2D eigenvalue weighted by atomic mass is 16.5. The van der Waals surface area contributed by atoms with Crippen LogP contribution in [0.5, 0.6) is 17.2 Å². The van der Waals surface area contributed by atoms with E-state index in [2.05, 4.69) is 25.2 Å². The SMILES string of the molecule is COc1ccc(C=CCNC(C)C)c(OC)c1OC. The Hall–Kier alpha value is -1.68. The Morgan fingerprint density at radius 3 is 2.26 bits per heavy atom. The molecule has 0 aliphatic heterocycles. The quantitative estimate of drug-likeness (QED) is 0.823. The van der Waals surface area contributed by atoms with Crippen molar-refractivity contribution in [2.24, 2.45) is 0 Å². The van der Waals surface area contributed by atoms with Crippen LogP contribution >= 0.6 is 0 Å². The molecule has 1 aromatic carbocycles. The molecule has 1 aromatic rings. The number of nitrogens with one attached hydrogen (secondary N) is 1. The van der Waals surface area contributed by atoms with Crippen LogP contribution in [-0.2, 0) is 0 Å². The lowest BCUT2D eigenvalue weighted by Crippen LogP contribution is -2.22. The lowest BCUT2D eigenvalue weighted by atomic mass is 10.1. The molecule has 0 saturated carbocycles. The summed E-state index contributed by atoms with van der Waals surface area (Å²) in [6.07, 6.45) is 4.07. The van der Waals surface area contributed by atoms with E-state index in [0.717, 1.165) is 12.1 Å². The Kier molecular flexibility index (Phi) is 6.22. The summed E-state index contributed by atoms with van der Waals surface area (Å²) in [5.41, 5.74) is 0.964. The number of ether oxygens (including phenoxy) is 3. The van der Waals surface area contributed by atoms with Gasteiger partial charge in [0.1, 0.15) is 0 Å². The molecule has 106 valence electrons. The van der Waals surface area contributed by atoms with Crippen LogP contribution < -0.4 is 19.5 Å². The third-order valence-corrected chi connectivity index (χ3v) is 2.68. The highest BCUT2D eigenvalue weighted by molar-refractivity contribution is 5.66. The summed E-state index contributed by atoms with van der Waals surface area (Å²) in [7, 11) is 4.84. The van der Waals surface area contributed by atoms with Crippen LogP contribution in [0.2, 0.25) is 0 Å². The Morgan fingerprint density at radius 1 is 1.05 bits per heavy atom. The zero-order chi connectivity index (χ0) is 14.3. The molecule has 0 radical (unpaired) electrons. The van der Waals surface area contributed by atoms with E-state index in [9.17, 15) is 0 Å². The summed E-state index contributed by atoms with van der Waals surface area (Å²) >= 11 is 0. The molecule has 4 nitrogen and oxygen atoms in total. The Bertz CT molecular complexity index is 428. The maximum atomic E-state index is 5.41. The van der Waals surface area contributed by atoms with Gasteiger partial charge in [0, 0.05) is 18.2 Å². The molecule has 19 heavy (non-hydrogen) atoms. The van der Waals surface area contributed by atoms with Gasteiger partial charge >= 0.3 is 0 Å². The number of rotatable bonds is 7. The van der Waals surface area contributed by atoms with Crippen molar-refractivity contribution in [3.05, 3.63) is 23.8 Å². The fourth-order valence-electron chi connectivity index (χ4n) is 1.75. The van der Waals surface area contributed by atoms with Crippen molar-refractivity contribution in [2.45, 2.75) is 19.9 Å². The zero-order valence-corrected chi connectivity index (χ0v) is 12.3. The second kappa shape index (κ2) is 7.69. The van der Waals surface area contributed by atoms with Crippen LogP contribution in [-0.4, -0.2) is 33.9 Å². The smallest absolute Gasteiger partial charge is 0.203 e. The van der Waals surface area contributed by atoms with Crippen LogP contribution in [0, 0.1) is 0 Å². The minimum atomic E-state index is 0.469. The third kappa shape index (κ3) is 4.17. The second-order valence-electron chi connectivity index (χ2n) is 4.39. The van der Waals surface area contributed by atoms with Crippen molar-refractivity contribution >= 4 is 6.08 Å². The van der Waals surface area contributed by atoms with Gasteiger partial charge in [0.25, 0.3) is 0 Å². The lowest BCUT2D eigenvalue weighted by molar-refractivity contribution is 0.324. The van der Waals surface area contributed by atoms with E-state index in [1.165, 1.54) is 0 Å². The minimum Gasteiger partial charge on any atom is -0.493 e. The molecule has 1 rings (SSSR count). The number of methoxy groups -OCH3 is 3. The maximum Gasteiger partial charge on any atom is 0.203 e. The van der Waals surface area contributed by atoms with Gasteiger partial charge < -0.3 is 19.5 Å². The molecule has 0 amide bonds. The fraction of sp³-hybridized carbons (Fsp3) is 0.467. The van der Waals surface area contributed by atoms with Gasteiger partial charge in [-0.2, -0.15) is 0 Å². The van der Waals surface area contributed by atoms with Crippen molar-refractivity contribution in [2.75, 3.05) is 27.9 Å². The first-order valence-corrected chi connectivity index (χ1v) is 6.32. The van der Waals surface area contributed by atoms with Gasteiger partial charge in [-0.1, -0.05) is 26.0 Å². The van der Waals surface area contributed by atoms with E-state index in [-0.39, 0.29) is 0 Å². The molecule has 0 aromatic heterocycles. The van der Waals surface area contributed by atoms with Crippen molar-refractivity contribution in [1.82, 2.24) is 5.32 Å². The first-order valence-electron chi connectivity index (χ1n) is 6.32. The Labute approximate surface area is 115 Å². The van der Waals surface area contributed by atoms with Crippen molar-refractivity contribution < 1.29 is 14.2 Å². The van der Waals surface area contributed by atoms with E-state index in [4.69, 9.17) is 14.2 Å². The highest BCUT2D eigenvalue weighted by Crippen LogP contribution is 2.40. The van der Waals surface area contributed by atoms with Gasteiger partial charge in [-0.25, -0.2) is 0 Å². The van der Waals surface area contributed by atoms with Gasteiger partial charge in [0.15, 0.2) is 11.5 Å². The number of hydrogen-bond acceptors (Lipinski definition) is 4. The van der Waals surface area contributed by atoms with Gasteiger partial charge in [-0.15, -0.1) is 0 Å². The maximum absolute atomic E-state index is 5.41. The van der Waals surface area contributed by atoms with Crippen LogP contribution in [0.25, 0.3) is 6.08 Å². The fourth-order valence-corrected chi connectivity index (χ4v) is 1.75. The summed E-state index contributed by atoms with van der Waals surface area (Å²) in [5, 5.41) is 3.32. The van der Waals surface area contributed by atoms with Gasteiger partial charge in [-0.05, 0) is 12.1 Å². The molecule has 0 spiro atoms. The predicted molar refractivity (Wildman–Crippen MR) is 78.3 cm³/mol. The minimum absolute atomic E-state index is 0.469. The topological polar surface area (TPSA) is 39.7 Å². The summed E-state index contributed by atoms with van der Waals surface area (Å²) in [4.78, 5) is 0. The molecule has 0 aliphatic carbocycles. The van der Waals surface area contributed by atoms with E-state index < -0.39 is 0 Å². The monoisotopic (exact) mass is 265 g/mol. The van der Waals surface area contributed by atoms with Gasteiger partial charge in [0.05, 0.1) is 21.3 Å². The summed E-state index contributed by atoms with van der Waals surface area (Å²) in [6.45, 7) is 5.05. The molecular formula is C15H23NO3. The van der Waals surface area contributed by atoms with Crippen molar-refractivity contribution in [3.8, 4) is 17.2 Å². The average molecular weight is 265 g/mol. The summed E-state index contributed by atoms with van der Waals surface area (Å²) in [5.74, 6) is 1.96. The normalized spacial score (nSPS) is 11.1. The zero-order valence-electron chi connectivity index (χ0n) is 12.3. The largest absolute Gasteiger partial charge is 0.493 e.